The van der Waals surface area contributed by atoms with Crippen LogP contribution in [0.15, 0.2) is 36.4 Å². The number of hydrogen-bond donors (Lipinski definition) is 1. The predicted octanol–water partition coefficient (Wildman–Crippen LogP) is 1.88. The standard InChI is InChI=1S/C18H17ClN2O3/c19-13-3-1-2-12(9-13)16(22)20-6-7-21-17(23)14-10-4-5-11(8-10)15(14)18(21)24/h1-5,9-11,14-15H,6-8H2,(H,20,22)/t10-,11-,14-,15+/m0/s1. The van der Waals surface area contributed by atoms with Crippen molar-refractivity contribution >= 4 is 29.3 Å². The molecule has 124 valence electrons. The van der Waals surface area contributed by atoms with Gasteiger partial charge in [-0.3, -0.25) is 19.3 Å². The monoisotopic (exact) mass is 344 g/mol. The van der Waals surface area contributed by atoms with Gasteiger partial charge >= 0.3 is 0 Å². The number of halogens is 1. The lowest BCUT2D eigenvalue weighted by Gasteiger charge is -2.17. The van der Waals surface area contributed by atoms with Crippen LogP contribution in [0.4, 0.5) is 0 Å². The van der Waals surface area contributed by atoms with Gasteiger partial charge < -0.3 is 5.32 Å². The summed E-state index contributed by atoms with van der Waals surface area (Å²) in [5.74, 6) is -0.381. The molecule has 2 bridgehead atoms. The average molecular weight is 345 g/mol. The Labute approximate surface area is 144 Å². The van der Waals surface area contributed by atoms with E-state index in [1.165, 1.54) is 4.90 Å². The predicted molar refractivity (Wildman–Crippen MR) is 88.2 cm³/mol. The molecule has 0 radical (unpaired) electrons. The van der Waals surface area contributed by atoms with Crippen molar-refractivity contribution in [3.05, 3.63) is 47.0 Å². The molecule has 6 heteroatoms. The van der Waals surface area contributed by atoms with Crippen LogP contribution in [0.25, 0.3) is 0 Å². The van der Waals surface area contributed by atoms with E-state index in [0.717, 1.165) is 6.42 Å². The first kappa shape index (κ1) is 15.4. The summed E-state index contributed by atoms with van der Waals surface area (Å²) in [7, 11) is 0. The van der Waals surface area contributed by atoms with E-state index in [1.807, 2.05) is 0 Å². The van der Waals surface area contributed by atoms with Crippen LogP contribution >= 0.6 is 11.6 Å². The second-order valence-corrected chi connectivity index (χ2v) is 7.03. The third-order valence-electron chi connectivity index (χ3n) is 5.27. The van der Waals surface area contributed by atoms with E-state index in [0.29, 0.717) is 10.6 Å². The molecule has 1 aromatic carbocycles. The number of likely N-dealkylation sites (tertiary alicyclic amines) is 1. The molecule has 0 unspecified atom stereocenters. The first-order valence-electron chi connectivity index (χ1n) is 8.13. The molecule has 1 N–H and O–H groups in total. The maximum atomic E-state index is 12.5. The van der Waals surface area contributed by atoms with Gasteiger partial charge in [-0.15, -0.1) is 0 Å². The lowest BCUT2D eigenvalue weighted by atomic mass is 9.85. The highest BCUT2D eigenvalue weighted by Gasteiger charge is 2.58. The molecule has 1 aliphatic heterocycles. The molecule has 2 aliphatic carbocycles. The Bertz CT molecular complexity index is 730. The summed E-state index contributed by atoms with van der Waals surface area (Å²) in [6, 6.07) is 6.65. The molecule has 0 spiro atoms. The number of rotatable bonds is 4. The minimum Gasteiger partial charge on any atom is -0.350 e. The molecule has 1 aromatic rings. The Morgan fingerprint density at radius 2 is 1.83 bits per heavy atom. The molecule has 24 heavy (non-hydrogen) atoms. The van der Waals surface area contributed by atoms with E-state index < -0.39 is 0 Å². The van der Waals surface area contributed by atoms with Crippen molar-refractivity contribution < 1.29 is 14.4 Å². The summed E-state index contributed by atoms with van der Waals surface area (Å²) >= 11 is 5.87. The minimum atomic E-state index is -0.265. The molecule has 4 rings (SSSR count). The third kappa shape index (κ3) is 2.35. The summed E-state index contributed by atoms with van der Waals surface area (Å²) in [6.45, 7) is 0.460. The zero-order valence-electron chi connectivity index (χ0n) is 12.9. The molecule has 1 saturated heterocycles. The fourth-order valence-corrected chi connectivity index (χ4v) is 4.39. The van der Waals surface area contributed by atoms with Gasteiger partial charge in [0.25, 0.3) is 5.91 Å². The van der Waals surface area contributed by atoms with Crippen LogP contribution in [0.3, 0.4) is 0 Å². The summed E-state index contributed by atoms with van der Waals surface area (Å²) in [5, 5.41) is 3.23. The highest BCUT2D eigenvalue weighted by molar-refractivity contribution is 6.30. The smallest absolute Gasteiger partial charge is 0.251 e. The van der Waals surface area contributed by atoms with E-state index in [4.69, 9.17) is 11.6 Å². The first-order chi connectivity index (χ1) is 11.6. The molecular weight excluding hydrogens is 328 g/mol. The summed E-state index contributed by atoms with van der Waals surface area (Å²) < 4.78 is 0. The van der Waals surface area contributed by atoms with Crippen LogP contribution in [0.2, 0.25) is 5.02 Å². The maximum Gasteiger partial charge on any atom is 0.251 e. The number of allylic oxidation sites excluding steroid dienone is 2. The molecule has 2 fully saturated rings. The van der Waals surface area contributed by atoms with Crippen molar-refractivity contribution in [1.29, 1.82) is 0 Å². The number of fused-ring (bicyclic) bond motifs is 5. The van der Waals surface area contributed by atoms with E-state index in [2.05, 4.69) is 17.5 Å². The van der Waals surface area contributed by atoms with Gasteiger partial charge in [0.15, 0.2) is 0 Å². The molecule has 0 aromatic heterocycles. The highest BCUT2D eigenvalue weighted by Crippen LogP contribution is 2.52. The van der Waals surface area contributed by atoms with Crippen molar-refractivity contribution in [2.24, 2.45) is 23.7 Å². The van der Waals surface area contributed by atoms with Gasteiger partial charge in [-0.25, -0.2) is 0 Å². The number of carbonyl (C=O) groups is 3. The summed E-state index contributed by atoms with van der Waals surface area (Å²) in [6.07, 6.45) is 5.06. The Morgan fingerprint density at radius 1 is 1.17 bits per heavy atom. The van der Waals surface area contributed by atoms with Gasteiger partial charge in [-0.1, -0.05) is 29.8 Å². The zero-order chi connectivity index (χ0) is 16.8. The molecule has 1 saturated carbocycles. The van der Waals surface area contributed by atoms with E-state index in [1.54, 1.807) is 24.3 Å². The van der Waals surface area contributed by atoms with Crippen LogP contribution in [0.5, 0.6) is 0 Å². The molecule has 5 nitrogen and oxygen atoms in total. The maximum absolute atomic E-state index is 12.5. The van der Waals surface area contributed by atoms with Gasteiger partial charge in [0.1, 0.15) is 0 Å². The van der Waals surface area contributed by atoms with Crippen molar-refractivity contribution in [2.75, 3.05) is 13.1 Å². The van der Waals surface area contributed by atoms with Crippen LogP contribution < -0.4 is 5.32 Å². The number of hydrogen-bond acceptors (Lipinski definition) is 3. The third-order valence-corrected chi connectivity index (χ3v) is 5.50. The molecule has 3 amide bonds. The van der Waals surface area contributed by atoms with Gasteiger partial charge in [-0.05, 0) is 36.5 Å². The van der Waals surface area contributed by atoms with Crippen molar-refractivity contribution in [3.8, 4) is 0 Å². The highest BCUT2D eigenvalue weighted by atomic mass is 35.5. The van der Waals surface area contributed by atoms with Gasteiger partial charge in [0, 0.05) is 23.7 Å². The zero-order valence-corrected chi connectivity index (χ0v) is 13.7. The fourth-order valence-electron chi connectivity index (χ4n) is 4.20. The number of carbonyl (C=O) groups excluding carboxylic acids is 3. The number of imide groups is 1. The van der Waals surface area contributed by atoms with Gasteiger partial charge in [0.2, 0.25) is 11.8 Å². The van der Waals surface area contributed by atoms with Crippen LogP contribution in [0.1, 0.15) is 16.8 Å². The number of amides is 3. The Balaban J connectivity index is 1.36. The van der Waals surface area contributed by atoms with Crippen LogP contribution in [-0.4, -0.2) is 35.7 Å². The fraction of sp³-hybridized carbons (Fsp3) is 0.389. The second kappa shape index (κ2) is 5.74. The second-order valence-electron chi connectivity index (χ2n) is 6.59. The Kier molecular flexibility index (Phi) is 3.68. The number of nitrogens with zero attached hydrogens (tertiary/aromatic N) is 1. The van der Waals surface area contributed by atoms with Crippen LogP contribution in [0, 0.1) is 23.7 Å². The average Bonchev–Trinajstić information content (AvgIpc) is 3.24. The van der Waals surface area contributed by atoms with Crippen LogP contribution in [-0.2, 0) is 9.59 Å². The molecule has 4 atom stereocenters. The summed E-state index contributed by atoms with van der Waals surface area (Å²) in [5.41, 5.74) is 0.459. The lowest BCUT2D eigenvalue weighted by molar-refractivity contribution is -0.140. The van der Waals surface area contributed by atoms with Crippen molar-refractivity contribution in [2.45, 2.75) is 6.42 Å². The normalized spacial score (nSPS) is 30.1. The number of benzene rings is 1. The number of nitrogens with one attached hydrogen (secondary N) is 1. The summed E-state index contributed by atoms with van der Waals surface area (Å²) in [4.78, 5) is 38.4. The Morgan fingerprint density at radius 3 is 2.46 bits per heavy atom. The first-order valence-corrected chi connectivity index (χ1v) is 8.51. The van der Waals surface area contributed by atoms with E-state index >= 15 is 0 Å². The Hall–Kier alpha value is -2.14. The van der Waals surface area contributed by atoms with E-state index in [9.17, 15) is 14.4 Å². The van der Waals surface area contributed by atoms with Crippen molar-refractivity contribution in [1.82, 2.24) is 10.2 Å². The molecule has 3 aliphatic rings. The quantitative estimate of drug-likeness (QED) is 0.670. The van der Waals surface area contributed by atoms with Gasteiger partial charge in [0.05, 0.1) is 11.8 Å². The van der Waals surface area contributed by atoms with Gasteiger partial charge in [-0.2, -0.15) is 0 Å². The van der Waals surface area contributed by atoms with E-state index in [-0.39, 0.29) is 54.5 Å². The van der Waals surface area contributed by atoms with Crippen molar-refractivity contribution in [3.63, 3.8) is 0 Å². The lowest BCUT2D eigenvalue weighted by Crippen LogP contribution is -2.39. The SMILES string of the molecule is O=C(NCCN1C(=O)[C@@H]2[C@H](C1=O)[C@H]1C=C[C@H]2C1)c1cccc(Cl)c1. The molecule has 1 heterocycles. The topological polar surface area (TPSA) is 66.5 Å². The largest absolute Gasteiger partial charge is 0.350 e. The minimum absolute atomic E-state index is 0.0844. The molecular formula is C18H17ClN2O3.